The SMILES string of the molecule is COC1CCC([Si](C)(C)[C@@H]2[C@@H](CCO)O[C@]3(C(=O)N(CC4CCC(N5C(=O)COC6CCCCC65)CC4)C4=C3CCCC4)[C@H]2C)CC1. The molecular weight excluding hydrogens is 609 g/mol. The van der Waals surface area contributed by atoms with Crippen molar-refractivity contribution in [2.24, 2.45) is 11.8 Å². The van der Waals surface area contributed by atoms with Gasteiger partial charge in [0.05, 0.1) is 32.4 Å². The number of hydrogen-bond donors (Lipinski definition) is 1. The molecule has 47 heavy (non-hydrogen) atoms. The van der Waals surface area contributed by atoms with Crippen LogP contribution in [-0.2, 0) is 23.8 Å². The van der Waals surface area contributed by atoms with Gasteiger partial charge in [0.25, 0.3) is 5.91 Å². The minimum atomic E-state index is -1.89. The van der Waals surface area contributed by atoms with Crippen molar-refractivity contribution in [1.82, 2.24) is 9.80 Å². The van der Waals surface area contributed by atoms with E-state index in [1.54, 1.807) is 0 Å². The van der Waals surface area contributed by atoms with Crippen molar-refractivity contribution >= 4 is 19.9 Å². The van der Waals surface area contributed by atoms with Gasteiger partial charge in [-0.3, -0.25) is 9.59 Å². The van der Waals surface area contributed by atoms with Crippen molar-refractivity contribution in [1.29, 1.82) is 0 Å². The van der Waals surface area contributed by atoms with Crippen molar-refractivity contribution in [2.45, 2.75) is 176 Å². The highest BCUT2D eigenvalue weighted by Crippen LogP contribution is 2.61. The number of ether oxygens (including phenoxy) is 3. The van der Waals surface area contributed by atoms with E-state index in [1.165, 1.54) is 37.0 Å². The maximum atomic E-state index is 15.0. The van der Waals surface area contributed by atoms with Crippen LogP contribution in [0.3, 0.4) is 0 Å². The predicted octanol–water partition coefficient (Wildman–Crippen LogP) is 6.58. The van der Waals surface area contributed by atoms with E-state index in [4.69, 9.17) is 14.2 Å². The van der Waals surface area contributed by atoms with Crippen LogP contribution in [0.4, 0.5) is 0 Å². The maximum absolute atomic E-state index is 15.0. The Morgan fingerprint density at radius 2 is 1.66 bits per heavy atom. The average Bonchev–Trinajstić information content (AvgIpc) is 3.52. The van der Waals surface area contributed by atoms with Gasteiger partial charge in [0, 0.05) is 37.9 Å². The standard InChI is InChI=1S/C38H62N2O6Si/c1-25-36(47(3,4)29-19-17-28(44-2)18-20-29)34(21-22-41)46-38(25)30-9-5-6-10-31(30)39(37(38)43)23-26-13-15-27(16-14-26)40-32-11-7-8-12-33(32)45-24-35(40)42/h25-29,32-34,36,41H,5-24H2,1-4H3/t25-,26?,27?,28?,29?,32?,33?,34+,36-,38+/m0/s1. The summed E-state index contributed by atoms with van der Waals surface area (Å²) in [5.41, 5.74) is 2.72. The van der Waals surface area contributed by atoms with E-state index in [0.717, 1.165) is 83.6 Å². The molecule has 0 aromatic heterocycles. The molecule has 0 radical (unpaired) electrons. The zero-order chi connectivity index (χ0) is 32.9. The van der Waals surface area contributed by atoms with Gasteiger partial charge in [0.2, 0.25) is 5.91 Å². The Bertz CT molecular complexity index is 1190. The third-order valence-corrected chi connectivity index (χ3v) is 19.7. The molecule has 7 aliphatic rings. The van der Waals surface area contributed by atoms with Crippen molar-refractivity contribution in [2.75, 3.05) is 26.9 Å². The van der Waals surface area contributed by atoms with Crippen LogP contribution in [0.5, 0.6) is 0 Å². The number of rotatable bonds is 8. The largest absolute Gasteiger partial charge is 0.396 e. The summed E-state index contributed by atoms with van der Waals surface area (Å²) in [4.78, 5) is 32.5. The molecule has 3 aliphatic heterocycles. The van der Waals surface area contributed by atoms with Crippen molar-refractivity contribution in [3.8, 4) is 0 Å². The Hall–Kier alpha value is -1.26. The molecule has 2 saturated heterocycles. The smallest absolute Gasteiger partial charge is 0.263 e. The fourth-order valence-electron chi connectivity index (χ4n) is 12.0. The van der Waals surface area contributed by atoms with E-state index in [-0.39, 0.29) is 49.2 Å². The first-order valence-electron chi connectivity index (χ1n) is 19.5. The molecule has 2 unspecified atom stereocenters. The molecule has 264 valence electrons. The number of hydrogen-bond acceptors (Lipinski definition) is 6. The second-order valence-corrected chi connectivity index (χ2v) is 22.1. The van der Waals surface area contributed by atoms with Crippen LogP contribution in [0.15, 0.2) is 11.3 Å². The second-order valence-electron chi connectivity index (χ2n) is 17.0. The van der Waals surface area contributed by atoms with Gasteiger partial charge < -0.3 is 29.1 Å². The minimum Gasteiger partial charge on any atom is -0.396 e. The molecule has 7 rings (SSSR count). The van der Waals surface area contributed by atoms with E-state index in [1.807, 2.05) is 7.11 Å². The number of methoxy groups -OCH3 is 1. The predicted molar refractivity (Wildman–Crippen MR) is 185 cm³/mol. The Balaban J connectivity index is 1.08. The summed E-state index contributed by atoms with van der Waals surface area (Å²) in [6, 6.07) is 0.563. The van der Waals surface area contributed by atoms with Gasteiger partial charge in [-0.25, -0.2) is 0 Å². The summed E-state index contributed by atoms with van der Waals surface area (Å²) in [6.45, 7) is 8.57. The molecule has 5 fully saturated rings. The number of nitrogens with zero attached hydrogens (tertiary/aromatic N) is 2. The lowest BCUT2D eigenvalue weighted by atomic mass is 9.78. The van der Waals surface area contributed by atoms with Crippen molar-refractivity contribution < 1.29 is 28.9 Å². The van der Waals surface area contributed by atoms with Gasteiger partial charge in [0.1, 0.15) is 6.61 Å². The van der Waals surface area contributed by atoms with Crippen LogP contribution in [0.25, 0.3) is 0 Å². The van der Waals surface area contributed by atoms with E-state index >= 15 is 4.79 Å². The fourth-order valence-corrected chi connectivity index (χ4v) is 17.1. The van der Waals surface area contributed by atoms with Gasteiger partial charge in [-0.2, -0.15) is 0 Å². The lowest BCUT2D eigenvalue weighted by Crippen LogP contribution is -2.59. The van der Waals surface area contributed by atoms with E-state index < -0.39 is 13.7 Å². The zero-order valence-corrected chi connectivity index (χ0v) is 30.7. The highest BCUT2D eigenvalue weighted by Gasteiger charge is 2.67. The monoisotopic (exact) mass is 670 g/mol. The summed E-state index contributed by atoms with van der Waals surface area (Å²) in [7, 11) is -0.0441. The number of aliphatic hydroxyl groups is 1. The lowest BCUT2D eigenvalue weighted by Gasteiger charge is -2.49. The molecule has 3 heterocycles. The Kier molecular flexibility index (Phi) is 10.0. The maximum Gasteiger partial charge on any atom is 0.263 e. The third kappa shape index (κ3) is 5.89. The van der Waals surface area contributed by atoms with Crippen molar-refractivity contribution in [3.63, 3.8) is 0 Å². The minimum absolute atomic E-state index is 0.0681. The van der Waals surface area contributed by atoms with Crippen molar-refractivity contribution in [3.05, 3.63) is 11.3 Å². The molecule has 0 aromatic carbocycles. The fraction of sp³-hybridized carbons (Fsp3) is 0.895. The van der Waals surface area contributed by atoms with Gasteiger partial charge in [-0.15, -0.1) is 0 Å². The molecule has 0 bridgehead atoms. The molecule has 8 nitrogen and oxygen atoms in total. The number of fused-ring (bicyclic) bond motifs is 2. The number of carbonyl (C=O) groups is 2. The first kappa shape index (κ1) is 34.2. The van der Waals surface area contributed by atoms with Crippen LogP contribution in [0, 0.1) is 11.8 Å². The molecule has 4 aliphatic carbocycles. The van der Waals surface area contributed by atoms with Gasteiger partial charge >= 0.3 is 0 Å². The van der Waals surface area contributed by atoms with Crippen LogP contribution in [-0.4, -0.2) is 97.7 Å². The molecule has 2 amide bonds. The van der Waals surface area contributed by atoms with E-state index in [2.05, 4.69) is 29.8 Å². The van der Waals surface area contributed by atoms with Crippen LogP contribution >= 0.6 is 0 Å². The first-order chi connectivity index (χ1) is 22.7. The number of carbonyl (C=O) groups excluding carboxylic acids is 2. The quantitative estimate of drug-likeness (QED) is 0.294. The number of aliphatic hydroxyl groups excluding tert-OH is 1. The van der Waals surface area contributed by atoms with Gasteiger partial charge in [-0.05, 0) is 106 Å². The van der Waals surface area contributed by atoms with Gasteiger partial charge in [0.15, 0.2) is 5.60 Å². The average molecular weight is 671 g/mol. The number of amides is 2. The Labute approximate surface area is 284 Å². The second kappa shape index (κ2) is 13.8. The molecule has 6 atom stereocenters. The summed E-state index contributed by atoms with van der Waals surface area (Å²) in [5.74, 6) is 0.948. The zero-order valence-electron chi connectivity index (χ0n) is 29.7. The summed E-state index contributed by atoms with van der Waals surface area (Å²) in [5, 5.41) is 10.2. The number of morpholine rings is 1. The van der Waals surface area contributed by atoms with Crippen LogP contribution < -0.4 is 0 Å². The lowest BCUT2D eigenvalue weighted by molar-refractivity contribution is -0.166. The molecule has 0 aromatic rings. The molecule has 1 N–H and O–H groups in total. The third-order valence-electron chi connectivity index (χ3n) is 14.4. The summed E-state index contributed by atoms with van der Waals surface area (Å²) < 4.78 is 18.9. The summed E-state index contributed by atoms with van der Waals surface area (Å²) >= 11 is 0. The molecular formula is C38H62N2O6Si. The van der Waals surface area contributed by atoms with E-state index in [0.29, 0.717) is 35.6 Å². The highest BCUT2D eigenvalue weighted by atomic mass is 28.3. The highest BCUT2D eigenvalue weighted by molar-refractivity contribution is 6.80. The molecule has 3 saturated carbocycles. The van der Waals surface area contributed by atoms with Crippen LogP contribution in [0.2, 0.25) is 24.2 Å². The summed E-state index contributed by atoms with van der Waals surface area (Å²) in [6.07, 6.45) is 18.7. The molecule has 9 heteroatoms. The normalized spacial score (nSPS) is 41.5. The Morgan fingerprint density at radius 1 is 0.936 bits per heavy atom. The van der Waals surface area contributed by atoms with Gasteiger partial charge in [-0.1, -0.05) is 45.7 Å². The molecule has 1 spiro atoms. The number of allylic oxidation sites excluding steroid dienone is 1. The Morgan fingerprint density at radius 3 is 2.38 bits per heavy atom. The topological polar surface area (TPSA) is 88.5 Å². The van der Waals surface area contributed by atoms with E-state index in [9.17, 15) is 9.90 Å². The first-order valence-corrected chi connectivity index (χ1v) is 22.6. The van der Waals surface area contributed by atoms with Crippen LogP contribution in [0.1, 0.15) is 116 Å².